The second-order valence-corrected chi connectivity index (χ2v) is 8.84. The number of rotatable bonds is 9. The van der Waals surface area contributed by atoms with Crippen molar-refractivity contribution in [3.63, 3.8) is 0 Å². The topological polar surface area (TPSA) is 78.3 Å². The lowest BCUT2D eigenvalue weighted by molar-refractivity contribution is -0.113. The summed E-state index contributed by atoms with van der Waals surface area (Å²) in [5, 5.41) is 12.4. The SMILES string of the molecule is COc1ccc(OC(C)c2nnc(SCC(=O)Nc3ccc(C)cc3C)n2C(C)C)cc1. The number of aromatic nitrogens is 3. The Morgan fingerprint density at radius 2 is 1.75 bits per heavy atom. The van der Waals surface area contributed by atoms with E-state index in [2.05, 4.69) is 35.4 Å². The number of carbonyl (C=O) groups is 1. The van der Waals surface area contributed by atoms with Crippen LogP contribution < -0.4 is 14.8 Å². The van der Waals surface area contributed by atoms with Crippen LogP contribution in [0.1, 0.15) is 49.9 Å². The van der Waals surface area contributed by atoms with E-state index in [9.17, 15) is 4.79 Å². The van der Waals surface area contributed by atoms with Crippen molar-refractivity contribution in [2.75, 3.05) is 18.2 Å². The lowest BCUT2D eigenvalue weighted by Gasteiger charge is -2.19. The monoisotopic (exact) mass is 454 g/mol. The highest BCUT2D eigenvalue weighted by atomic mass is 32.2. The number of amides is 1. The molecule has 3 aromatic rings. The molecule has 1 heterocycles. The van der Waals surface area contributed by atoms with Gasteiger partial charge < -0.3 is 19.4 Å². The number of hydrogen-bond acceptors (Lipinski definition) is 6. The van der Waals surface area contributed by atoms with E-state index in [1.54, 1.807) is 7.11 Å². The van der Waals surface area contributed by atoms with E-state index in [1.807, 2.05) is 61.7 Å². The van der Waals surface area contributed by atoms with Gasteiger partial charge in [-0.3, -0.25) is 4.79 Å². The minimum absolute atomic E-state index is 0.0793. The average molecular weight is 455 g/mol. The summed E-state index contributed by atoms with van der Waals surface area (Å²) in [7, 11) is 1.63. The molecule has 1 amide bonds. The number of nitrogens with zero attached hydrogens (tertiary/aromatic N) is 3. The number of hydrogen-bond donors (Lipinski definition) is 1. The molecular formula is C24H30N4O3S. The first kappa shape index (κ1) is 23.7. The highest BCUT2D eigenvalue weighted by Crippen LogP contribution is 2.28. The van der Waals surface area contributed by atoms with Crippen LogP contribution in [0.2, 0.25) is 0 Å². The molecule has 0 aliphatic heterocycles. The highest BCUT2D eigenvalue weighted by molar-refractivity contribution is 7.99. The molecular weight excluding hydrogens is 424 g/mol. The van der Waals surface area contributed by atoms with E-state index in [0.29, 0.717) is 11.0 Å². The van der Waals surface area contributed by atoms with Crippen molar-refractivity contribution in [2.24, 2.45) is 0 Å². The molecule has 1 aromatic heterocycles. The lowest BCUT2D eigenvalue weighted by Crippen LogP contribution is -2.17. The largest absolute Gasteiger partial charge is 0.497 e. The zero-order valence-corrected chi connectivity index (χ0v) is 20.2. The summed E-state index contributed by atoms with van der Waals surface area (Å²) in [6.07, 6.45) is -0.309. The Kier molecular flexibility index (Phi) is 7.80. The summed E-state index contributed by atoms with van der Waals surface area (Å²) in [6, 6.07) is 13.5. The highest BCUT2D eigenvalue weighted by Gasteiger charge is 2.22. The minimum Gasteiger partial charge on any atom is -0.497 e. The third-order valence-electron chi connectivity index (χ3n) is 4.93. The number of carbonyl (C=O) groups excluding carboxylic acids is 1. The second-order valence-electron chi connectivity index (χ2n) is 7.90. The van der Waals surface area contributed by atoms with Crippen LogP contribution in [-0.2, 0) is 4.79 Å². The summed E-state index contributed by atoms with van der Waals surface area (Å²) in [6.45, 7) is 10.1. The van der Waals surface area contributed by atoms with Crippen molar-refractivity contribution in [3.05, 3.63) is 59.4 Å². The molecule has 0 saturated carbocycles. The Morgan fingerprint density at radius 3 is 2.38 bits per heavy atom. The first-order valence-corrected chi connectivity index (χ1v) is 11.5. The summed E-state index contributed by atoms with van der Waals surface area (Å²) in [4.78, 5) is 12.5. The zero-order chi connectivity index (χ0) is 23.3. The Balaban J connectivity index is 1.67. The van der Waals surface area contributed by atoms with Crippen molar-refractivity contribution >= 4 is 23.4 Å². The molecule has 0 radical (unpaired) electrons. The molecule has 0 fully saturated rings. The van der Waals surface area contributed by atoms with Gasteiger partial charge in [0, 0.05) is 11.7 Å². The van der Waals surface area contributed by atoms with Gasteiger partial charge >= 0.3 is 0 Å². The molecule has 170 valence electrons. The molecule has 0 aliphatic rings. The van der Waals surface area contributed by atoms with Crippen LogP contribution in [0.25, 0.3) is 0 Å². The van der Waals surface area contributed by atoms with Crippen LogP contribution in [0, 0.1) is 13.8 Å². The molecule has 0 saturated heterocycles. The zero-order valence-electron chi connectivity index (χ0n) is 19.4. The second kappa shape index (κ2) is 10.5. The molecule has 0 aliphatic carbocycles. The van der Waals surface area contributed by atoms with E-state index in [0.717, 1.165) is 22.7 Å². The fourth-order valence-electron chi connectivity index (χ4n) is 3.33. The third kappa shape index (κ3) is 5.82. The minimum atomic E-state index is -0.309. The van der Waals surface area contributed by atoms with Crippen LogP contribution >= 0.6 is 11.8 Å². The average Bonchev–Trinajstić information content (AvgIpc) is 3.19. The number of anilines is 1. The fourth-order valence-corrected chi connectivity index (χ4v) is 4.21. The van der Waals surface area contributed by atoms with Gasteiger partial charge in [0.15, 0.2) is 17.1 Å². The van der Waals surface area contributed by atoms with Gasteiger partial charge in [0.25, 0.3) is 0 Å². The van der Waals surface area contributed by atoms with Crippen molar-refractivity contribution in [2.45, 2.75) is 51.9 Å². The van der Waals surface area contributed by atoms with Crippen molar-refractivity contribution in [3.8, 4) is 11.5 Å². The van der Waals surface area contributed by atoms with Gasteiger partial charge in [-0.25, -0.2) is 0 Å². The lowest BCUT2D eigenvalue weighted by atomic mass is 10.1. The van der Waals surface area contributed by atoms with E-state index < -0.39 is 0 Å². The normalized spacial score (nSPS) is 12.0. The Labute approximate surface area is 193 Å². The summed E-state index contributed by atoms with van der Waals surface area (Å²) in [5.74, 6) is 2.37. The van der Waals surface area contributed by atoms with Crippen molar-refractivity contribution in [1.29, 1.82) is 0 Å². The number of nitrogens with one attached hydrogen (secondary N) is 1. The number of thioether (sulfide) groups is 1. The van der Waals surface area contributed by atoms with Gasteiger partial charge in [0.2, 0.25) is 5.91 Å². The number of methoxy groups -OCH3 is 1. The van der Waals surface area contributed by atoms with Crippen LogP contribution in [0.15, 0.2) is 47.6 Å². The number of aryl methyl sites for hydroxylation is 2. The van der Waals surface area contributed by atoms with E-state index >= 15 is 0 Å². The standard InChI is InChI=1S/C24H30N4O3S/c1-15(2)28-23(18(5)31-20-10-8-19(30-6)9-11-20)26-27-24(28)32-14-22(29)25-21-12-7-16(3)13-17(21)4/h7-13,15,18H,14H2,1-6H3,(H,25,29). The van der Waals surface area contributed by atoms with Crippen molar-refractivity contribution < 1.29 is 14.3 Å². The molecule has 8 heteroatoms. The van der Waals surface area contributed by atoms with Crippen LogP contribution in [0.3, 0.4) is 0 Å². The Bertz CT molecular complexity index is 1060. The predicted octanol–water partition coefficient (Wildman–Crippen LogP) is 5.36. The maximum absolute atomic E-state index is 12.5. The van der Waals surface area contributed by atoms with Crippen LogP contribution in [0.4, 0.5) is 5.69 Å². The maximum atomic E-state index is 12.5. The molecule has 2 aromatic carbocycles. The number of benzene rings is 2. The fraction of sp³-hybridized carbons (Fsp3) is 0.375. The molecule has 0 spiro atoms. The molecule has 7 nitrogen and oxygen atoms in total. The quantitative estimate of drug-likeness (QED) is 0.439. The number of ether oxygens (including phenoxy) is 2. The predicted molar refractivity (Wildman–Crippen MR) is 128 cm³/mol. The summed E-state index contributed by atoms with van der Waals surface area (Å²) in [5.41, 5.74) is 3.03. The Hall–Kier alpha value is -3.00. The molecule has 1 unspecified atom stereocenters. The van der Waals surface area contributed by atoms with Gasteiger partial charge in [-0.2, -0.15) is 0 Å². The Morgan fingerprint density at radius 1 is 1.06 bits per heavy atom. The van der Waals surface area contributed by atoms with Gasteiger partial charge in [-0.05, 0) is 70.5 Å². The first-order chi connectivity index (χ1) is 15.3. The van der Waals surface area contributed by atoms with Crippen LogP contribution in [-0.4, -0.2) is 33.5 Å². The van der Waals surface area contributed by atoms with E-state index in [4.69, 9.17) is 9.47 Å². The molecule has 0 bridgehead atoms. The third-order valence-corrected chi connectivity index (χ3v) is 5.87. The summed E-state index contributed by atoms with van der Waals surface area (Å²) < 4.78 is 13.3. The van der Waals surface area contributed by atoms with E-state index in [1.165, 1.54) is 17.3 Å². The van der Waals surface area contributed by atoms with Gasteiger partial charge in [0.05, 0.1) is 12.9 Å². The van der Waals surface area contributed by atoms with Crippen LogP contribution in [0.5, 0.6) is 11.5 Å². The smallest absolute Gasteiger partial charge is 0.234 e. The molecule has 3 rings (SSSR count). The molecule has 32 heavy (non-hydrogen) atoms. The van der Waals surface area contributed by atoms with Gasteiger partial charge in [-0.1, -0.05) is 29.5 Å². The van der Waals surface area contributed by atoms with Crippen molar-refractivity contribution in [1.82, 2.24) is 14.8 Å². The van der Waals surface area contributed by atoms with Gasteiger partial charge in [-0.15, -0.1) is 10.2 Å². The molecule has 1 N–H and O–H groups in total. The van der Waals surface area contributed by atoms with E-state index in [-0.39, 0.29) is 23.8 Å². The van der Waals surface area contributed by atoms with Gasteiger partial charge in [0.1, 0.15) is 11.5 Å². The summed E-state index contributed by atoms with van der Waals surface area (Å²) >= 11 is 1.37. The maximum Gasteiger partial charge on any atom is 0.234 e. The first-order valence-electron chi connectivity index (χ1n) is 10.5. The molecule has 1 atom stereocenters.